The fourth-order valence-electron chi connectivity index (χ4n) is 1.22. The van der Waals surface area contributed by atoms with Crippen LogP contribution in [0.4, 0.5) is 10.1 Å². The molecule has 0 aliphatic heterocycles. The zero-order valence-electron chi connectivity index (χ0n) is 9.87. The van der Waals surface area contributed by atoms with Crippen molar-refractivity contribution in [2.24, 2.45) is 0 Å². The third-order valence-corrected chi connectivity index (χ3v) is 2.39. The molecule has 0 saturated heterocycles. The van der Waals surface area contributed by atoms with Crippen LogP contribution in [-0.4, -0.2) is 23.8 Å². The van der Waals surface area contributed by atoms with Crippen molar-refractivity contribution in [2.45, 2.75) is 26.4 Å². The van der Waals surface area contributed by atoms with Crippen molar-refractivity contribution >= 4 is 11.7 Å². The van der Waals surface area contributed by atoms with Gasteiger partial charge in [-0.15, -0.1) is 0 Å². The monoisotopic (exact) mass is 241 g/mol. The highest BCUT2D eigenvalue weighted by Crippen LogP contribution is 2.18. The van der Waals surface area contributed by atoms with Gasteiger partial charge in [-0.1, -0.05) is 0 Å². The van der Waals surface area contributed by atoms with E-state index in [1.165, 1.54) is 13.0 Å². The normalized spacial score (nSPS) is 12.2. The third kappa shape index (κ3) is 3.71. The van der Waals surface area contributed by atoms with Gasteiger partial charge in [-0.2, -0.15) is 0 Å². The Balaban J connectivity index is 2.70. The maximum absolute atomic E-state index is 13.3. The smallest absolute Gasteiger partial charge is 0.338 e. The van der Waals surface area contributed by atoms with Gasteiger partial charge in [-0.05, 0) is 26.0 Å². The highest BCUT2D eigenvalue weighted by atomic mass is 19.1. The van der Waals surface area contributed by atoms with Gasteiger partial charge in [-0.25, -0.2) is 9.18 Å². The first kappa shape index (κ1) is 13.4. The molecule has 94 valence electrons. The minimum atomic E-state index is -0.642. The van der Waals surface area contributed by atoms with E-state index in [2.05, 4.69) is 0 Å². The second kappa shape index (κ2) is 5.63. The number of benzene rings is 1. The third-order valence-electron chi connectivity index (χ3n) is 2.39. The van der Waals surface area contributed by atoms with Gasteiger partial charge in [0.2, 0.25) is 0 Å². The molecule has 1 aromatic carbocycles. The molecule has 0 spiro atoms. The maximum atomic E-state index is 13.3. The Kier molecular flexibility index (Phi) is 4.45. The van der Waals surface area contributed by atoms with Crippen LogP contribution in [0.2, 0.25) is 0 Å². The largest absolute Gasteiger partial charge is 0.462 e. The van der Waals surface area contributed by atoms with Crippen LogP contribution in [-0.2, 0) is 4.74 Å². The molecule has 0 fully saturated rings. The van der Waals surface area contributed by atoms with E-state index in [-0.39, 0.29) is 17.9 Å². The van der Waals surface area contributed by atoms with E-state index < -0.39 is 17.9 Å². The van der Waals surface area contributed by atoms with Crippen molar-refractivity contribution in [1.29, 1.82) is 0 Å². The van der Waals surface area contributed by atoms with Gasteiger partial charge in [0.1, 0.15) is 5.82 Å². The zero-order valence-corrected chi connectivity index (χ0v) is 9.87. The van der Waals surface area contributed by atoms with Gasteiger partial charge in [0, 0.05) is 17.7 Å². The number of carbonyl (C=O) groups excluding carboxylic acids is 1. The molecule has 3 N–H and O–H groups in total. The number of nitrogens with two attached hydrogens (primary N) is 1. The van der Waals surface area contributed by atoms with Crippen LogP contribution in [0.25, 0.3) is 0 Å². The molecular weight excluding hydrogens is 225 g/mol. The van der Waals surface area contributed by atoms with Crippen LogP contribution >= 0.6 is 0 Å². The van der Waals surface area contributed by atoms with E-state index in [0.29, 0.717) is 12.0 Å². The lowest BCUT2D eigenvalue weighted by atomic mass is 10.1. The van der Waals surface area contributed by atoms with Gasteiger partial charge in [-0.3, -0.25) is 0 Å². The van der Waals surface area contributed by atoms with E-state index in [4.69, 9.17) is 15.6 Å². The number of hydrogen-bond acceptors (Lipinski definition) is 4. The molecule has 1 atom stereocenters. The van der Waals surface area contributed by atoms with Crippen LogP contribution in [0.3, 0.4) is 0 Å². The SMILES string of the molecule is Cc1c(N)cc(C(=O)OCCC(C)O)cc1F. The van der Waals surface area contributed by atoms with Crippen LogP contribution < -0.4 is 5.73 Å². The molecular formula is C12H16FNO3. The molecule has 1 rings (SSSR count). The van der Waals surface area contributed by atoms with Crippen molar-refractivity contribution in [3.63, 3.8) is 0 Å². The van der Waals surface area contributed by atoms with Crippen molar-refractivity contribution in [3.05, 3.63) is 29.1 Å². The first-order valence-corrected chi connectivity index (χ1v) is 5.32. The highest BCUT2D eigenvalue weighted by molar-refractivity contribution is 5.90. The summed E-state index contributed by atoms with van der Waals surface area (Å²) >= 11 is 0. The quantitative estimate of drug-likeness (QED) is 0.621. The van der Waals surface area contributed by atoms with Crippen LogP contribution in [0.1, 0.15) is 29.3 Å². The molecule has 17 heavy (non-hydrogen) atoms. The van der Waals surface area contributed by atoms with Gasteiger partial charge in [0.05, 0.1) is 18.3 Å². The minimum Gasteiger partial charge on any atom is -0.462 e. The second-order valence-corrected chi connectivity index (χ2v) is 3.95. The molecule has 1 unspecified atom stereocenters. The Morgan fingerprint density at radius 1 is 1.59 bits per heavy atom. The number of aliphatic hydroxyl groups excluding tert-OH is 1. The van der Waals surface area contributed by atoms with E-state index >= 15 is 0 Å². The lowest BCUT2D eigenvalue weighted by molar-refractivity contribution is 0.0444. The lowest BCUT2D eigenvalue weighted by Crippen LogP contribution is -2.12. The van der Waals surface area contributed by atoms with E-state index in [9.17, 15) is 9.18 Å². The minimum absolute atomic E-state index is 0.0798. The summed E-state index contributed by atoms with van der Waals surface area (Å²) in [5.41, 5.74) is 6.15. The predicted octanol–water partition coefficient (Wildman–Crippen LogP) is 1.64. The Morgan fingerprint density at radius 2 is 2.24 bits per heavy atom. The van der Waals surface area contributed by atoms with Crippen LogP contribution in [0.15, 0.2) is 12.1 Å². The number of rotatable bonds is 4. The summed E-state index contributed by atoms with van der Waals surface area (Å²) in [5.74, 6) is -1.18. The number of aliphatic hydroxyl groups is 1. The number of ether oxygens (including phenoxy) is 1. The molecule has 0 amide bonds. The molecule has 0 bridgehead atoms. The van der Waals surface area contributed by atoms with Crippen molar-refractivity contribution in [1.82, 2.24) is 0 Å². The average Bonchev–Trinajstić information content (AvgIpc) is 2.24. The Hall–Kier alpha value is -1.62. The summed E-state index contributed by atoms with van der Waals surface area (Å²) < 4.78 is 18.2. The Bertz CT molecular complexity index is 395. The standard InChI is InChI=1S/C12H16FNO3/c1-7(15)3-4-17-12(16)9-5-10(13)8(2)11(14)6-9/h5-7,15H,3-4,14H2,1-2H3. The molecule has 0 saturated carbocycles. The molecule has 0 aromatic heterocycles. The van der Waals surface area contributed by atoms with E-state index in [1.54, 1.807) is 6.92 Å². The maximum Gasteiger partial charge on any atom is 0.338 e. The lowest BCUT2D eigenvalue weighted by Gasteiger charge is -2.08. The molecule has 1 aromatic rings. The van der Waals surface area contributed by atoms with Crippen LogP contribution in [0.5, 0.6) is 0 Å². The number of esters is 1. The van der Waals surface area contributed by atoms with Gasteiger partial charge in [0.25, 0.3) is 0 Å². The number of anilines is 1. The summed E-state index contributed by atoms with van der Waals surface area (Å²) in [6.07, 6.45) is -0.196. The predicted molar refractivity (Wildman–Crippen MR) is 62.1 cm³/mol. The molecule has 0 heterocycles. The van der Waals surface area contributed by atoms with Crippen molar-refractivity contribution < 1.29 is 19.0 Å². The van der Waals surface area contributed by atoms with E-state index in [0.717, 1.165) is 6.07 Å². The summed E-state index contributed by atoms with van der Waals surface area (Å²) in [6.45, 7) is 3.22. The molecule has 4 nitrogen and oxygen atoms in total. The Morgan fingerprint density at radius 3 is 2.76 bits per heavy atom. The van der Waals surface area contributed by atoms with E-state index in [1.807, 2.05) is 0 Å². The second-order valence-electron chi connectivity index (χ2n) is 3.95. The number of nitrogen functional groups attached to an aromatic ring is 1. The number of hydrogen-bond donors (Lipinski definition) is 2. The van der Waals surface area contributed by atoms with Gasteiger partial charge in [0.15, 0.2) is 0 Å². The Labute approximate surface area is 99.2 Å². The fraction of sp³-hybridized carbons (Fsp3) is 0.417. The first-order valence-electron chi connectivity index (χ1n) is 5.32. The molecule has 0 aliphatic carbocycles. The van der Waals surface area contributed by atoms with Crippen molar-refractivity contribution in [2.75, 3.05) is 12.3 Å². The fourth-order valence-corrected chi connectivity index (χ4v) is 1.22. The van der Waals surface area contributed by atoms with Crippen LogP contribution in [0, 0.1) is 12.7 Å². The summed E-state index contributed by atoms with van der Waals surface area (Å²) in [5, 5.41) is 8.99. The molecule has 0 aliphatic rings. The van der Waals surface area contributed by atoms with Gasteiger partial charge >= 0.3 is 5.97 Å². The topological polar surface area (TPSA) is 72.6 Å². The molecule has 5 heteroatoms. The summed E-state index contributed by atoms with van der Waals surface area (Å²) in [7, 11) is 0. The average molecular weight is 241 g/mol. The highest BCUT2D eigenvalue weighted by Gasteiger charge is 2.12. The van der Waals surface area contributed by atoms with Gasteiger partial charge < -0.3 is 15.6 Å². The summed E-state index contributed by atoms with van der Waals surface area (Å²) in [6, 6.07) is 2.47. The molecule has 0 radical (unpaired) electrons. The zero-order chi connectivity index (χ0) is 13.0. The number of halogens is 1. The number of carbonyl (C=O) groups is 1. The first-order chi connectivity index (χ1) is 7.91. The summed E-state index contributed by atoms with van der Waals surface area (Å²) in [4.78, 5) is 11.5. The van der Waals surface area contributed by atoms with Crippen molar-refractivity contribution in [3.8, 4) is 0 Å².